The van der Waals surface area contributed by atoms with Gasteiger partial charge in [0.1, 0.15) is 11.5 Å². The van der Waals surface area contributed by atoms with Gasteiger partial charge in [0, 0.05) is 24.4 Å². The lowest BCUT2D eigenvalue weighted by Gasteiger charge is -2.17. The van der Waals surface area contributed by atoms with Gasteiger partial charge in [0.05, 0.1) is 12.2 Å². The molecule has 1 aromatic heterocycles. The van der Waals surface area contributed by atoms with Gasteiger partial charge in [-0.1, -0.05) is 6.07 Å². The van der Waals surface area contributed by atoms with Crippen molar-refractivity contribution >= 4 is 5.91 Å². The number of amides is 1. The molecule has 2 rings (SSSR count). The zero-order valence-corrected chi connectivity index (χ0v) is 11.4. The summed E-state index contributed by atoms with van der Waals surface area (Å²) in [5.41, 5.74) is 1.90. The molecule has 1 aromatic carbocycles. The van der Waals surface area contributed by atoms with Crippen molar-refractivity contribution in [3.8, 4) is 11.5 Å². The van der Waals surface area contributed by atoms with Crippen molar-refractivity contribution in [3.63, 3.8) is 0 Å². The van der Waals surface area contributed by atoms with Crippen LogP contribution < -0.4 is 0 Å². The first-order chi connectivity index (χ1) is 9.45. The highest BCUT2D eigenvalue weighted by Gasteiger charge is 2.14. The van der Waals surface area contributed by atoms with Crippen LogP contribution in [0.3, 0.4) is 0 Å². The van der Waals surface area contributed by atoms with Crippen molar-refractivity contribution in [3.05, 3.63) is 53.3 Å². The smallest absolute Gasteiger partial charge is 0.254 e. The quantitative estimate of drug-likeness (QED) is 0.897. The summed E-state index contributed by atoms with van der Waals surface area (Å²) in [4.78, 5) is 18.0. The Balaban J connectivity index is 2.16. The molecule has 0 fully saturated rings. The molecule has 0 saturated heterocycles. The van der Waals surface area contributed by atoms with Gasteiger partial charge in [0.15, 0.2) is 0 Å². The summed E-state index contributed by atoms with van der Waals surface area (Å²) >= 11 is 0. The van der Waals surface area contributed by atoms with E-state index in [-0.39, 0.29) is 23.0 Å². The van der Waals surface area contributed by atoms with Crippen LogP contribution >= 0.6 is 0 Å². The van der Waals surface area contributed by atoms with E-state index in [2.05, 4.69) is 4.98 Å². The number of phenols is 2. The van der Waals surface area contributed by atoms with Crippen molar-refractivity contribution in [1.82, 2.24) is 9.88 Å². The molecule has 0 aliphatic carbocycles. The van der Waals surface area contributed by atoms with Gasteiger partial charge in [-0.25, -0.2) is 0 Å². The second kappa shape index (κ2) is 5.61. The minimum atomic E-state index is -0.292. The van der Waals surface area contributed by atoms with Gasteiger partial charge >= 0.3 is 0 Å². The molecule has 2 aromatic rings. The van der Waals surface area contributed by atoms with Crippen LogP contribution in [0, 0.1) is 6.92 Å². The number of aryl methyl sites for hydroxylation is 1. The van der Waals surface area contributed by atoms with Gasteiger partial charge in [-0.05, 0) is 31.2 Å². The average Bonchev–Trinajstić information content (AvgIpc) is 2.36. The summed E-state index contributed by atoms with van der Waals surface area (Å²) in [5, 5.41) is 18.8. The Bertz CT molecular complexity index is 621. The molecule has 0 atom stereocenters. The number of hydrogen-bond acceptors (Lipinski definition) is 4. The van der Waals surface area contributed by atoms with E-state index >= 15 is 0 Å². The molecule has 0 spiro atoms. The topological polar surface area (TPSA) is 73.7 Å². The van der Waals surface area contributed by atoms with Crippen molar-refractivity contribution in [1.29, 1.82) is 0 Å². The molecule has 1 heterocycles. The zero-order chi connectivity index (χ0) is 14.7. The predicted molar refractivity (Wildman–Crippen MR) is 74.5 cm³/mol. The fourth-order valence-corrected chi connectivity index (χ4v) is 1.94. The first-order valence-electron chi connectivity index (χ1n) is 6.17. The van der Waals surface area contributed by atoms with Gasteiger partial charge in [-0.2, -0.15) is 0 Å². The molecule has 1 amide bonds. The summed E-state index contributed by atoms with van der Waals surface area (Å²) < 4.78 is 0. The summed E-state index contributed by atoms with van der Waals surface area (Å²) in [6.07, 6.45) is 0. The molecule has 20 heavy (non-hydrogen) atoms. The van der Waals surface area contributed by atoms with Crippen molar-refractivity contribution in [2.45, 2.75) is 13.5 Å². The maximum Gasteiger partial charge on any atom is 0.254 e. The first kappa shape index (κ1) is 13.9. The molecule has 0 saturated carbocycles. The van der Waals surface area contributed by atoms with E-state index in [4.69, 9.17) is 0 Å². The third-order valence-electron chi connectivity index (χ3n) is 2.84. The maximum absolute atomic E-state index is 12.2. The lowest BCUT2D eigenvalue weighted by molar-refractivity contribution is 0.0782. The highest BCUT2D eigenvalue weighted by Crippen LogP contribution is 2.21. The monoisotopic (exact) mass is 272 g/mol. The molecular weight excluding hydrogens is 256 g/mol. The number of carbonyl (C=O) groups excluding carboxylic acids is 1. The Morgan fingerprint density at radius 1 is 1.20 bits per heavy atom. The fraction of sp³-hybridized carbons (Fsp3) is 0.200. The number of carbonyl (C=O) groups is 1. The highest BCUT2D eigenvalue weighted by molar-refractivity contribution is 5.94. The Morgan fingerprint density at radius 2 is 1.85 bits per heavy atom. The van der Waals surface area contributed by atoms with E-state index in [0.29, 0.717) is 6.54 Å². The minimum Gasteiger partial charge on any atom is -0.508 e. The molecule has 104 valence electrons. The molecule has 0 aliphatic heterocycles. The lowest BCUT2D eigenvalue weighted by Crippen LogP contribution is -2.26. The number of hydrogen-bond donors (Lipinski definition) is 2. The van der Waals surface area contributed by atoms with Crippen molar-refractivity contribution < 1.29 is 15.0 Å². The van der Waals surface area contributed by atoms with Gasteiger partial charge in [0.2, 0.25) is 0 Å². The normalized spacial score (nSPS) is 10.3. The third-order valence-corrected chi connectivity index (χ3v) is 2.84. The number of nitrogens with zero attached hydrogens (tertiary/aromatic N) is 2. The number of phenolic OH excluding ortho intramolecular Hbond substituents is 2. The van der Waals surface area contributed by atoms with Crippen molar-refractivity contribution in [2.24, 2.45) is 0 Å². The van der Waals surface area contributed by atoms with Crippen LogP contribution in [-0.4, -0.2) is 33.1 Å². The second-order valence-electron chi connectivity index (χ2n) is 4.67. The van der Waals surface area contributed by atoms with Crippen LogP contribution in [0.4, 0.5) is 0 Å². The largest absolute Gasteiger partial charge is 0.508 e. The van der Waals surface area contributed by atoms with Crippen LogP contribution in [0.5, 0.6) is 11.5 Å². The van der Waals surface area contributed by atoms with E-state index in [1.807, 2.05) is 25.1 Å². The molecule has 2 N–H and O–H groups in total. The Hall–Kier alpha value is -2.56. The summed E-state index contributed by atoms with van der Waals surface area (Å²) in [5.74, 6) is -0.578. The van der Waals surface area contributed by atoms with Crippen LogP contribution in [0.1, 0.15) is 21.7 Å². The van der Waals surface area contributed by atoms with E-state index in [0.717, 1.165) is 11.4 Å². The van der Waals surface area contributed by atoms with E-state index < -0.39 is 0 Å². The van der Waals surface area contributed by atoms with E-state index in [9.17, 15) is 15.0 Å². The van der Waals surface area contributed by atoms with Crippen LogP contribution in [-0.2, 0) is 6.54 Å². The number of aromatic hydroxyl groups is 2. The van der Waals surface area contributed by atoms with E-state index in [1.54, 1.807) is 7.05 Å². The molecule has 0 unspecified atom stereocenters. The molecule has 5 nitrogen and oxygen atoms in total. The second-order valence-corrected chi connectivity index (χ2v) is 4.67. The van der Waals surface area contributed by atoms with Crippen LogP contribution in [0.15, 0.2) is 36.4 Å². The summed E-state index contributed by atoms with van der Waals surface area (Å²) in [7, 11) is 1.65. The standard InChI is InChI=1S/C15H16N2O3/c1-10-4-3-5-12(16-10)9-17(2)15(20)11-6-13(18)8-14(19)7-11/h3-8,18-19H,9H2,1-2H3. The van der Waals surface area contributed by atoms with E-state index in [1.165, 1.54) is 23.1 Å². The third kappa shape index (κ3) is 3.26. The van der Waals surface area contributed by atoms with Gasteiger partial charge in [-0.15, -0.1) is 0 Å². The molecule has 0 aliphatic rings. The van der Waals surface area contributed by atoms with Gasteiger partial charge < -0.3 is 15.1 Å². The SMILES string of the molecule is Cc1cccc(CN(C)C(=O)c2cc(O)cc(O)c2)n1. The molecule has 0 radical (unpaired) electrons. The Kier molecular flexibility index (Phi) is 3.89. The zero-order valence-electron chi connectivity index (χ0n) is 11.4. The number of aromatic nitrogens is 1. The lowest BCUT2D eigenvalue weighted by atomic mass is 10.1. The Morgan fingerprint density at radius 3 is 2.45 bits per heavy atom. The molecule has 5 heteroatoms. The van der Waals surface area contributed by atoms with Crippen LogP contribution in [0.25, 0.3) is 0 Å². The summed E-state index contributed by atoms with van der Waals surface area (Å²) in [6, 6.07) is 9.44. The number of rotatable bonds is 3. The van der Waals surface area contributed by atoms with Crippen molar-refractivity contribution in [2.75, 3.05) is 7.05 Å². The first-order valence-corrected chi connectivity index (χ1v) is 6.17. The average molecular weight is 272 g/mol. The Labute approximate surface area is 117 Å². The van der Waals surface area contributed by atoms with Crippen LogP contribution in [0.2, 0.25) is 0 Å². The maximum atomic E-state index is 12.2. The fourth-order valence-electron chi connectivity index (χ4n) is 1.94. The highest BCUT2D eigenvalue weighted by atomic mass is 16.3. The molecule has 0 bridgehead atoms. The minimum absolute atomic E-state index is 0.143. The van der Waals surface area contributed by atoms with Gasteiger partial charge in [0.25, 0.3) is 5.91 Å². The number of pyridine rings is 1. The van der Waals surface area contributed by atoms with Gasteiger partial charge in [-0.3, -0.25) is 9.78 Å². The molecular formula is C15H16N2O3. The predicted octanol–water partition coefficient (Wildman–Crippen LogP) is 2.07. The summed E-state index contributed by atoms with van der Waals surface area (Å²) in [6.45, 7) is 2.25. The number of benzene rings is 1.